The molecule has 0 amide bonds. The predicted octanol–water partition coefficient (Wildman–Crippen LogP) is 2.48. The van der Waals surface area contributed by atoms with Crippen LogP contribution in [-0.2, 0) is 4.74 Å². The van der Waals surface area contributed by atoms with Crippen LogP contribution in [0, 0.1) is 5.82 Å². The van der Waals surface area contributed by atoms with E-state index in [-0.39, 0.29) is 16.9 Å². The Bertz CT molecular complexity index is 349. The van der Waals surface area contributed by atoms with Gasteiger partial charge < -0.3 is 14.8 Å². The molecule has 0 aliphatic rings. The van der Waals surface area contributed by atoms with Gasteiger partial charge in [-0.1, -0.05) is 24.6 Å². The van der Waals surface area contributed by atoms with Crippen molar-refractivity contribution in [3.63, 3.8) is 0 Å². The predicted molar refractivity (Wildman–Crippen MR) is 66.2 cm³/mol. The van der Waals surface area contributed by atoms with Crippen molar-refractivity contribution in [1.29, 1.82) is 0 Å². The first-order chi connectivity index (χ1) is 8.19. The van der Waals surface area contributed by atoms with Crippen molar-refractivity contribution in [3.8, 4) is 5.75 Å². The van der Waals surface area contributed by atoms with E-state index in [2.05, 4.69) is 5.32 Å². The molecule has 0 aliphatic heterocycles. The Morgan fingerprint density at radius 3 is 2.88 bits per heavy atom. The number of likely N-dealkylation sites (N-methyl/N-ethyl adjacent to an activating group) is 1. The smallest absolute Gasteiger partial charge is 0.183 e. The van der Waals surface area contributed by atoms with Crippen LogP contribution in [0.1, 0.15) is 6.92 Å². The van der Waals surface area contributed by atoms with E-state index in [1.165, 1.54) is 6.07 Å². The van der Waals surface area contributed by atoms with Gasteiger partial charge in [0.1, 0.15) is 6.10 Å². The fourth-order valence-electron chi connectivity index (χ4n) is 1.38. The van der Waals surface area contributed by atoms with Crippen LogP contribution >= 0.6 is 11.6 Å². The summed E-state index contributed by atoms with van der Waals surface area (Å²) in [6.07, 6.45) is -0.243. The summed E-state index contributed by atoms with van der Waals surface area (Å²) in [4.78, 5) is 0. The summed E-state index contributed by atoms with van der Waals surface area (Å²) in [5, 5.41) is 3.18. The first-order valence-corrected chi connectivity index (χ1v) is 5.87. The van der Waals surface area contributed by atoms with Crippen molar-refractivity contribution in [2.75, 3.05) is 26.8 Å². The second-order valence-electron chi connectivity index (χ2n) is 3.55. The molecule has 3 nitrogen and oxygen atoms in total. The topological polar surface area (TPSA) is 30.5 Å². The highest BCUT2D eigenvalue weighted by molar-refractivity contribution is 6.30. The Morgan fingerprint density at radius 1 is 1.47 bits per heavy atom. The average molecular weight is 262 g/mol. The highest BCUT2D eigenvalue weighted by Crippen LogP contribution is 2.24. The summed E-state index contributed by atoms with van der Waals surface area (Å²) >= 11 is 5.68. The van der Waals surface area contributed by atoms with Crippen LogP contribution in [0.15, 0.2) is 18.2 Å². The van der Waals surface area contributed by atoms with Gasteiger partial charge in [0.2, 0.25) is 0 Å². The lowest BCUT2D eigenvalue weighted by Gasteiger charge is -2.19. The Morgan fingerprint density at radius 2 is 2.24 bits per heavy atom. The molecule has 0 heterocycles. The summed E-state index contributed by atoms with van der Waals surface area (Å²) in [5.41, 5.74) is 0. The van der Waals surface area contributed by atoms with Crippen molar-refractivity contribution in [2.45, 2.75) is 13.0 Å². The average Bonchev–Trinajstić information content (AvgIpc) is 2.32. The van der Waals surface area contributed by atoms with Gasteiger partial charge in [-0.2, -0.15) is 0 Å². The van der Waals surface area contributed by atoms with Crippen LogP contribution < -0.4 is 10.1 Å². The highest BCUT2D eigenvalue weighted by Gasteiger charge is 2.14. The number of nitrogens with one attached hydrogen (secondary N) is 1. The maximum absolute atomic E-state index is 13.6. The molecule has 0 fully saturated rings. The monoisotopic (exact) mass is 261 g/mol. The van der Waals surface area contributed by atoms with Crippen LogP contribution in [-0.4, -0.2) is 32.9 Å². The summed E-state index contributed by atoms with van der Waals surface area (Å²) < 4.78 is 24.2. The number of benzene rings is 1. The van der Waals surface area contributed by atoms with Crippen LogP contribution in [0.25, 0.3) is 0 Å². The molecule has 17 heavy (non-hydrogen) atoms. The second kappa shape index (κ2) is 7.48. The lowest BCUT2D eigenvalue weighted by atomic mass is 10.3. The standard InChI is InChI=1S/C12H17ClFNO2/c1-3-15-7-9(8-16-2)17-11-6-4-5-10(13)12(11)14/h4-6,9,15H,3,7-8H2,1-2H3. The van der Waals surface area contributed by atoms with Gasteiger partial charge >= 0.3 is 0 Å². The summed E-state index contributed by atoms with van der Waals surface area (Å²) in [5.74, 6) is -0.385. The van der Waals surface area contributed by atoms with Gasteiger partial charge in [0, 0.05) is 13.7 Å². The molecule has 0 aliphatic carbocycles. The molecule has 0 radical (unpaired) electrons. The van der Waals surface area contributed by atoms with Crippen LogP contribution in [0.4, 0.5) is 4.39 Å². The normalized spacial score (nSPS) is 12.5. The molecule has 5 heteroatoms. The summed E-state index contributed by atoms with van der Waals surface area (Å²) in [6, 6.07) is 4.69. The third kappa shape index (κ3) is 4.50. The minimum atomic E-state index is -0.535. The molecular weight excluding hydrogens is 245 g/mol. The number of halogens is 2. The Kier molecular flexibility index (Phi) is 6.26. The molecule has 0 bridgehead atoms. The molecule has 1 unspecified atom stereocenters. The molecular formula is C12H17ClFNO2. The zero-order chi connectivity index (χ0) is 12.7. The lowest BCUT2D eigenvalue weighted by molar-refractivity contribution is 0.0782. The largest absolute Gasteiger partial charge is 0.484 e. The number of hydrogen-bond donors (Lipinski definition) is 1. The number of methoxy groups -OCH3 is 1. The van der Waals surface area contributed by atoms with Crippen molar-refractivity contribution < 1.29 is 13.9 Å². The molecule has 1 aromatic rings. The SMILES string of the molecule is CCNCC(COC)Oc1cccc(Cl)c1F. The first-order valence-electron chi connectivity index (χ1n) is 5.49. The van der Waals surface area contributed by atoms with Gasteiger partial charge in [-0.25, -0.2) is 4.39 Å². The minimum Gasteiger partial charge on any atom is -0.484 e. The molecule has 0 saturated carbocycles. The van der Waals surface area contributed by atoms with E-state index in [9.17, 15) is 4.39 Å². The van der Waals surface area contributed by atoms with Gasteiger partial charge in [-0.05, 0) is 18.7 Å². The molecule has 1 rings (SSSR count). The molecule has 0 spiro atoms. The molecule has 0 saturated heterocycles. The van der Waals surface area contributed by atoms with Crippen LogP contribution in [0.2, 0.25) is 5.02 Å². The van der Waals surface area contributed by atoms with E-state index in [1.54, 1.807) is 19.2 Å². The van der Waals surface area contributed by atoms with Crippen molar-refractivity contribution in [1.82, 2.24) is 5.32 Å². The molecule has 0 aromatic heterocycles. The summed E-state index contributed by atoms with van der Waals surface area (Å²) in [6.45, 7) is 3.79. The fraction of sp³-hybridized carbons (Fsp3) is 0.500. The summed E-state index contributed by atoms with van der Waals surface area (Å²) in [7, 11) is 1.58. The third-order valence-corrected chi connectivity index (χ3v) is 2.48. The molecule has 1 atom stereocenters. The minimum absolute atomic E-state index is 0.0575. The van der Waals surface area contributed by atoms with Gasteiger partial charge in [-0.3, -0.25) is 0 Å². The maximum atomic E-state index is 13.6. The Balaban J connectivity index is 2.67. The van der Waals surface area contributed by atoms with E-state index < -0.39 is 5.82 Å². The number of ether oxygens (including phenoxy) is 2. The zero-order valence-corrected chi connectivity index (χ0v) is 10.8. The van der Waals surface area contributed by atoms with E-state index in [0.717, 1.165) is 6.54 Å². The lowest BCUT2D eigenvalue weighted by Crippen LogP contribution is -2.35. The van der Waals surface area contributed by atoms with Crippen LogP contribution in [0.5, 0.6) is 5.75 Å². The zero-order valence-electron chi connectivity index (χ0n) is 10.0. The number of rotatable bonds is 7. The van der Waals surface area contributed by atoms with E-state index in [4.69, 9.17) is 21.1 Å². The van der Waals surface area contributed by atoms with Crippen molar-refractivity contribution in [2.24, 2.45) is 0 Å². The second-order valence-corrected chi connectivity index (χ2v) is 3.96. The Hall–Kier alpha value is -0.840. The molecule has 1 aromatic carbocycles. The van der Waals surface area contributed by atoms with E-state index in [0.29, 0.717) is 13.2 Å². The van der Waals surface area contributed by atoms with Gasteiger partial charge in [0.05, 0.1) is 11.6 Å². The van der Waals surface area contributed by atoms with Gasteiger partial charge in [0.25, 0.3) is 0 Å². The van der Waals surface area contributed by atoms with Crippen molar-refractivity contribution >= 4 is 11.6 Å². The third-order valence-electron chi connectivity index (χ3n) is 2.18. The first kappa shape index (κ1) is 14.2. The van der Waals surface area contributed by atoms with Crippen molar-refractivity contribution in [3.05, 3.63) is 29.0 Å². The fourth-order valence-corrected chi connectivity index (χ4v) is 1.55. The van der Waals surface area contributed by atoms with Gasteiger partial charge in [0.15, 0.2) is 11.6 Å². The molecule has 96 valence electrons. The van der Waals surface area contributed by atoms with E-state index in [1.807, 2.05) is 6.92 Å². The highest BCUT2D eigenvalue weighted by atomic mass is 35.5. The maximum Gasteiger partial charge on any atom is 0.183 e. The van der Waals surface area contributed by atoms with Crippen LogP contribution in [0.3, 0.4) is 0 Å². The quantitative estimate of drug-likeness (QED) is 0.818. The molecule has 1 N–H and O–H groups in total. The number of hydrogen-bond acceptors (Lipinski definition) is 3. The Labute approximate surface area is 106 Å². The van der Waals surface area contributed by atoms with E-state index >= 15 is 0 Å². The van der Waals surface area contributed by atoms with Gasteiger partial charge in [-0.15, -0.1) is 0 Å².